The molecule has 2 aromatic heterocycles. The third-order valence-electron chi connectivity index (χ3n) is 5.39. The molecule has 0 radical (unpaired) electrons. The predicted molar refractivity (Wildman–Crippen MR) is 134 cm³/mol. The molecule has 0 fully saturated rings. The molecule has 0 saturated heterocycles. The van der Waals surface area contributed by atoms with Crippen molar-refractivity contribution >= 4 is 42.4 Å². The molecule has 0 unspecified atom stereocenters. The highest BCUT2D eigenvalue weighted by molar-refractivity contribution is 7.90. The average Bonchev–Trinajstić information content (AvgIpc) is 3.43. The number of para-hydroxylation sites is 1. The molecule has 0 bridgehead atoms. The lowest BCUT2D eigenvalue weighted by Crippen LogP contribution is -2.12. The molecule has 5 aromatic rings. The van der Waals surface area contributed by atoms with Gasteiger partial charge in [0, 0.05) is 18.0 Å². The van der Waals surface area contributed by atoms with E-state index in [9.17, 15) is 13.2 Å². The lowest BCUT2D eigenvalue weighted by Gasteiger charge is -2.05. The molecule has 5 rings (SSSR count). The van der Waals surface area contributed by atoms with Gasteiger partial charge in [0.05, 0.1) is 26.4 Å². The Hall–Kier alpha value is -3.82. The first kappa shape index (κ1) is 22.0. The second kappa shape index (κ2) is 8.51. The highest BCUT2D eigenvalue weighted by Crippen LogP contribution is 2.31. The number of hydrogen-bond donors (Lipinski definition) is 1. The van der Waals surface area contributed by atoms with Gasteiger partial charge in [-0.3, -0.25) is 10.1 Å². The number of anilines is 1. The van der Waals surface area contributed by atoms with Crippen molar-refractivity contribution < 1.29 is 13.2 Å². The van der Waals surface area contributed by atoms with Crippen LogP contribution < -0.4 is 5.32 Å². The molecule has 0 aliphatic rings. The average molecular weight is 489 g/mol. The van der Waals surface area contributed by atoms with E-state index in [1.807, 2.05) is 61.5 Å². The molecule has 1 amide bonds. The molecule has 0 aliphatic carbocycles. The molecule has 3 aromatic carbocycles. The standard InChI is InChI=1S/C25H20N4O3S2/c1-16-8-6-7-11-19(16)23-20(15-29(28-23)17-9-4-3-5-10-17)24(30)27-25-26-21-13-12-18(34(2,31)32)14-22(21)33-25/h3-15H,1-2H3,(H,26,27,30). The zero-order valence-corrected chi connectivity index (χ0v) is 20.0. The van der Waals surface area contributed by atoms with Crippen molar-refractivity contribution in [2.45, 2.75) is 11.8 Å². The Morgan fingerprint density at radius 2 is 1.74 bits per heavy atom. The van der Waals surface area contributed by atoms with Crippen LogP contribution in [0.5, 0.6) is 0 Å². The van der Waals surface area contributed by atoms with E-state index in [2.05, 4.69) is 10.3 Å². The maximum Gasteiger partial charge on any atom is 0.261 e. The number of thiazole rings is 1. The van der Waals surface area contributed by atoms with Crippen LogP contribution in [0.25, 0.3) is 27.2 Å². The van der Waals surface area contributed by atoms with E-state index in [4.69, 9.17) is 5.10 Å². The predicted octanol–water partition coefficient (Wildman–Crippen LogP) is 5.11. The monoisotopic (exact) mass is 488 g/mol. The van der Waals surface area contributed by atoms with Gasteiger partial charge >= 0.3 is 0 Å². The highest BCUT2D eigenvalue weighted by Gasteiger charge is 2.21. The highest BCUT2D eigenvalue weighted by atomic mass is 32.2. The van der Waals surface area contributed by atoms with Gasteiger partial charge in [0.25, 0.3) is 5.91 Å². The smallest absolute Gasteiger partial charge is 0.261 e. The number of aryl methyl sites for hydroxylation is 1. The first-order chi connectivity index (χ1) is 16.3. The van der Waals surface area contributed by atoms with Crippen molar-refractivity contribution in [3.8, 4) is 16.9 Å². The van der Waals surface area contributed by atoms with Gasteiger partial charge in [-0.05, 0) is 42.8 Å². The van der Waals surface area contributed by atoms with Gasteiger partial charge in [-0.2, -0.15) is 5.10 Å². The molecule has 34 heavy (non-hydrogen) atoms. The summed E-state index contributed by atoms with van der Waals surface area (Å²) in [6.07, 6.45) is 2.87. The molecule has 0 saturated carbocycles. The van der Waals surface area contributed by atoms with E-state index in [1.165, 1.54) is 17.4 Å². The molecule has 0 aliphatic heterocycles. The van der Waals surface area contributed by atoms with Gasteiger partial charge in [-0.1, -0.05) is 53.8 Å². The largest absolute Gasteiger partial charge is 0.298 e. The quantitative estimate of drug-likeness (QED) is 0.371. The van der Waals surface area contributed by atoms with E-state index in [0.29, 0.717) is 26.6 Å². The Bertz CT molecular complexity index is 1640. The van der Waals surface area contributed by atoms with E-state index < -0.39 is 9.84 Å². The SMILES string of the molecule is Cc1ccccc1-c1nn(-c2ccccc2)cc1C(=O)Nc1nc2ccc(S(C)(=O)=O)cc2s1. The van der Waals surface area contributed by atoms with E-state index >= 15 is 0 Å². The van der Waals surface area contributed by atoms with Gasteiger partial charge in [0.15, 0.2) is 15.0 Å². The minimum absolute atomic E-state index is 0.215. The van der Waals surface area contributed by atoms with Crippen molar-refractivity contribution in [3.05, 3.63) is 90.1 Å². The van der Waals surface area contributed by atoms with Crippen LogP contribution in [0.2, 0.25) is 0 Å². The Morgan fingerprint density at radius 1 is 1.00 bits per heavy atom. The van der Waals surface area contributed by atoms with Crippen LogP contribution in [-0.2, 0) is 9.84 Å². The summed E-state index contributed by atoms with van der Waals surface area (Å²) in [5, 5.41) is 7.98. The second-order valence-electron chi connectivity index (χ2n) is 7.86. The van der Waals surface area contributed by atoms with Crippen LogP contribution in [0.15, 0.2) is 83.9 Å². The van der Waals surface area contributed by atoms with E-state index in [0.717, 1.165) is 23.1 Å². The molecule has 2 heterocycles. The zero-order chi connectivity index (χ0) is 23.9. The van der Waals surface area contributed by atoms with Crippen molar-refractivity contribution in [2.75, 3.05) is 11.6 Å². The van der Waals surface area contributed by atoms with E-state index in [-0.39, 0.29) is 10.8 Å². The number of nitrogens with one attached hydrogen (secondary N) is 1. The molecule has 0 spiro atoms. The van der Waals surface area contributed by atoms with Crippen molar-refractivity contribution in [2.24, 2.45) is 0 Å². The van der Waals surface area contributed by atoms with Crippen molar-refractivity contribution in [1.82, 2.24) is 14.8 Å². The van der Waals surface area contributed by atoms with Crippen LogP contribution in [0.1, 0.15) is 15.9 Å². The van der Waals surface area contributed by atoms with E-state index in [1.54, 1.807) is 23.0 Å². The van der Waals surface area contributed by atoms with Gasteiger partial charge in [-0.15, -0.1) is 0 Å². The molecule has 0 atom stereocenters. The number of nitrogens with zero attached hydrogens (tertiary/aromatic N) is 3. The molecule has 9 heteroatoms. The van der Waals surface area contributed by atoms with Gasteiger partial charge in [-0.25, -0.2) is 18.1 Å². The molecule has 7 nitrogen and oxygen atoms in total. The van der Waals surface area contributed by atoms with Crippen LogP contribution in [-0.4, -0.2) is 35.3 Å². The minimum atomic E-state index is -3.33. The number of benzene rings is 3. The fourth-order valence-corrected chi connectivity index (χ4v) is 5.27. The number of carbonyl (C=O) groups excluding carboxylic acids is 1. The number of hydrogen-bond acceptors (Lipinski definition) is 6. The Kier molecular flexibility index (Phi) is 5.51. The van der Waals surface area contributed by atoms with Crippen LogP contribution >= 0.6 is 11.3 Å². The zero-order valence-electron chi connectivity index (χ0n) is 18.4. The summed E-state index contributed by atoms with van der Waals surface area (Å²) in [6, 6.07) is 22.1. The Morgan fingerprint density at radius 3 is 2.47 bits per heavy atom. The van der Waals surface area contributed by atoms with Gasteiger partial charge in [0.2, 0.25) is 0 Å². The number of sulfone groups is 1. The topological polar surface area (TPSA) is 93.9 Å². The summed E-state index contributed by atoms with van der Waals surface area (Å²) in [5.74, 6) is -0.345. The first-order valence-corrected chi connectivity index (χ1v) is 13.1. The summed E-state index contributed by atoms with van der Waals surface area (Å²) in [5.41, 5.74) is 4.30. The summed E-state index contributed by atoms with van der Waals surface area (Å²) < 4.78 is 26.1. The Labute approximate surface area is 200 Å². The fourth-order valence-electron chi connectivity index (χ4n) is 3.64. The molecular formula is C25H20N4O3S2. The van der Waals surface area contributed by atoms with Crippen LogP contribution in [0.4, 0.5) is 5.13 Å². The fraction of sp³-hybridized carbons (Fsp3) is 0.0800. The summed E-state index contributed by atoms with van der Waals surface area (Å²) in [7, 11) is -3.33. The van der Waals surface area contributed by atoms with Crippen molar-refractivity contribution in [1.29, 1.82) is 0 Å². The van der Waals surface area contributed by atoms with Crippen LogP contribution in [0, 0.1) is 6.92 Å². The number of aromatic nitrogens is 3. The number of amides is 1. The third-order valence-corrected chi connectivity index (χ3v) is 7.43. The minimum Gasteiger partial charge on any atom is -0.298 e. The number of carbonyl (C=O) groups is 1. The first-order valence-electron chi connectivity index (χ1n) is 10.4. The normalized spacial score (nSPS) is 11.6. The lowest BCUT2D eigenvalue weighted by atomic mass is 10.0. The van der Waals surface area contributed by atoms with Crippen LogP contribution in [0.3, 0.4) is 0 Å². The maximum atomic E-state index is 13.4. The Balaban J connectivity index is 1.54. The third kappa shape index (κ3) is 4.23. The summed E-state index contributed by atoms with van der Waals surface area (Å²) >= 11 is 1.22. The van der Waals surface area contributed by atoms with Gasteiger partial charge < -0.3 is 0 Å². The molecule has 170 valence electrons. The lowest BCUT2D eigenvalue weighted by molar-refractivity contribution is 0.102. The summed E-state index contributed by atoms with van der Waals surface area (Å²) in [6.45, 7) is 1.98. The van der Waals surface area contributed by atoms with Crippen molar-refractivity contribution in [3.63, 3.8) is 0 Å². The molecule has 1 N–H and O–H groups in total. The van der Waals surface area contributed by atoms with Gasteiger partial charge in [0.1, 0.15) is 5.69 Å². The second-order valence-corrected chi connectivity index (χ2v) is 10.9. The summed E-state index contributed by atoms with van der Waals surface area (Å²) in [4.78, 5) is 18.0. The number of rotatable bonds is 5. The number of fused-ring (bicyclic) bond motifs is 1. The molecular weight excluding hydrogens is 468 g/mol. The maximum absolute atomic E-state index is 13.4.